The van der Waals surface area contributed by atoms with E-state index in [0.29, 0.717) is 6.04 Å². The Balaban J connectivity index is 1.87. The van der Waals surface area contributed by atoms with Gasteiger partial charge in [-0.05, 0) is 43.5 Å². The zero-order valence-electron chi connectivity index (χ0n) is 12.9. The van der Waals surface area contributed by atoms with Crippen molar-refractivity contribution >= 4 is 10.8 Å². The van der Waals surface area contributed by atoms with Gasteiger partial charge in [0.1, 0.15) is 5.75 Å². The number of hydrogen-bond donors (Lipinski definition) is 1. The Kier molecular flexibility index (Phi) is 4.42. The van der Waals surface area contributed by atoms with Crippen LogP contribution in [0.4, 0.5) is 0 Å². The molecule has 1 unspecified atom stereocenters. The van der Waals surface area contributed by atoms with Crippen LogP contribution in [0.3, 0.4) is 0 Å². The first-order valence-electron chi connectivity index (χ1n) is 7.76. The van der Waals surface area contributed by atoms with Crippen molar-refractivity contribution in [2.24, 2.45) is 0 Å². The van der Waals surface area contributed by atoms with Gasteiger partial charge in [-0.25, -0.2) is 0 Å². The van der Waals surface area contributed by atoms with Crippen LogP contribution in [0.25, 0.3) is 10.8 Å². The van der Waals surface area contributed by atoms with E-state index in [0.717, 1.165) is 18.8 Å². The molecule has 0 amide bonds. The summed E-state index contributed by atoms with van der Waals surface area (Å²) in [4.78, 5) is 2.55. The fourth-order valence-corrected chi connectivity index (χ4v) is 3.33. The molecule has 3 heteroatoms. The number of fused-ring (bicyclic) bond motifs is 1. The normalized spacial score (nSPS) is 19.8. The van der Waals surface area contributed by atoms with Crippen LogP contribution >= 0.6 is 0 Å². The average Bonchev–Trinajstić information content (AvgIpc) is 2.55. The second-order valence-electron chi connectivity index (χ2n) is 5.84. The maximum Gasteiger partial charge on any atom is 0.126 e. The Hall–Kier alpha value is -1.58. The molecule has 3 rings (SSSR count). The topological polar surface area (TPSA) is 24.5 Å². The third kappa shape index (κ3) is 3.04. The fraction of sp³-hybridized carbons (Fsp3) is 0.444. The van der Waals surface area contributed by atoms with E-state index in [9.17, 15) is 0 Å². The third-order valence-electron chi connectivity index (χ3n) is 4.50. The highest BCUT2D eigenvalue weighted by Crippen LogP contribution is 2.29. The van der Waals surface area contributed by atoms with Gasteiger partial charge in [0.25, 0.3) is 0 Å². The van der Waals surface area contributed by atoms with Gasteiger partial charge in [-0.1, -0.05) is 30.3 Å². The van der Waals surface area contributed by atoms with Crippen molar-refractivity contribution in [1.29, 1.82) is 0 Å². The predicted molar refractivity (Wildman–Crippen MR) is 87.9 cm³/mol. The Labute approximate surface area is 126 Å². The molecule has 1 atom stereocenters. The molecule has 1 aliphatic heterocycles. The minimum absolute atomic E-state index is 0.628. The van der Waals surface area contributed by atoms with Crippen LogP contribution in [-0.4, -0.2) is 38.2 Å². The molecule has 2 aromatic carbocycles. The number of ether oxygens (including phenoxy) is 1. The number of nitrogens with one attached hydrogen (secondary N) is 1. The molecule has 0 radical (unpaired) electrons. The Morgan fingerprint density at radius 2 is 2.00 bits per heavy atom. The fourth-order valence-electron chi connectivity index (χ4n) is 3.33. The van der Waals surface area contributed by atoms with Crippen molar-refractivity contribution in [2.75, 3.05) is 27.2 Å². The third-order valence-corrected chi connectivity index (χ3v) is 4.50. The predicted octanol–water partition coefficient (Wildman–Crippen LogP) is 3.03. The molecule has 0 saturated carbocycles. The molecule has 1 heterocycles. The van der Waals surface area contributed by atoms with Gasteiger partial charge in [-0.2, -0.15) is 0 Å². The van der Waals surface area contributed by atoms with E-state index in [2.05, 4.69) is 53.7 Å². The highest BCUT2D eigenvalue weighted by atomic mass is 16.5. The molecule has 1 fully saturated rings. The zero-order valence-corrected chi connectivity index (χ0v) is 12.9. The van der Waals surface area contributed by atoms with Crippen LogP contribution in [0.1, 0.15) is 18.4 Å². The lowest BCUT2D eigenvalue weighted by Gasteiger charge is -2.32. The highest BCUT2D eigenvalue weighted by Gasteiger charge is 2.19. The van der Waals surface area contributed by atoms with E-state index in [1.165, 1.54) is 35.7 Å². The number of benzene rings is 2. The standard InChI is InChI=1S/C18H24N2O/c1-19-15-6-5-11-20(13-15)12-14-9-10-18(21-2)17-8-4-3-7-16(14)17/h3-4,7-10,15,19H,5-6,11-13H2,1-2H3. The van der Waals surface area contributed by atoms with Crippen LogP contribution in [0.15, 0.2) is 36.4 Å². The van der Waals surface area contributed by atoms with Gasteiger partial charge in [0.15, 0.2) is 0 Å². The molecule has 0 aromatic heterocycles. The first-order valence-corrected chi connectivity index (χ1v) is 7.76. The second kappa shape index (κ2) is 6.46. The lowest BCUT2D eigenvalue weighted by molar-refractivity contribution is 0.188. The maximum atomic E-state index is 5.48. The summed E-state index contributed by atoms with van der Waals surface area (Å²) >= 11 is 0. The highest BCUT2D eigenvalue weighted by molar-refractivity contribution is 5.91. The van der Waals surface area contributed by atoms with E-state index < -0.39 is 0 Å². The Morgan fingerprint density at radius 1 is 1.19 bits per heavy atom. The van der Waals surface area contributed by atoms with E-state index in [1.807, 2.05) is 0 Å². The molecule has 112 valence electrons. The number of piperidine rings is 1. The minimum Gasteiger partial charge on any atom is -0.496 e. The van der Waals surface area contributed by atoms with Crippen molar-refractivity contribution < 1.29 is 4.74 Å². The largest absolute Gasteiger partial charge is 0.496 e. The van der Waals surface area contributed by atoms with Gasteiger partial charge >= 0.3 is 0 Å². The summed E-state index contributed by atoms with van der Waals surface area (Å²) in [6.07, 6.45) is 2.57. The molecule has 1 aliphatic rings. The number of likely N-dealkylation sites (tertiary alicyclic amines) is 1. The summed E-state index contributed by atoms with van der Waals surface area (Å²) in [7, 11) is 3.81. The summed E-state index contributed by atoms with van der Waals surface area (Å²) in [6.45, 7) is 3.35. The van der Waals surface area contributed by atoms with Gasteiger partial charge in [-0.15, -0.1) is 0 Å². The van der Waals surface area contributed by atoms with Crippen molar-refractivity contribution in [3.05, 3.63) is 42.0 Å². The molecular weight excluding hydrogens is 260 g/mol. The van der Waals surface area contributed by atoms with Crippen molar-refractivity contribution in [1.82, 2.24) is 10.2 Å². The summed E-state index contributed by atoms with van der Waals surface area (Å²) in [6, 6.07) is 13.5. The summed E-state index contributed by atoms with van der Waals surface area (Å²) in [5, 5.41) is 5.93. The van der Waals surface area contributed by atoms with Gasteiger partial charge < -0.3 is 10.1 Å². The van der Waals surface area contributed by atoms with Crippen molar-refractivity contribution in [3.8, 4) is 5.75 Å². The van der Waals surface area contributed by atoms with Gasteiger partial charge in [0.05, 0.1) is 7.11 Å². The number of methoxy groups -OCH3 is 1. The lowest BCUT2D eigenvalue weighted by atomic mass is 10.0. The first-order chi connectivity index (χ1) is 10.3. The van der Waals surface area contributed by atoms with Crippen LogP contribution in [0.2, 0.25) is 0 Å². The summed E-state index contributed by atoms with van der Waals surface area (Å²) in [5.41, 5.74) is 1.39. The number of nitrogens with zero attached hydrogens (tertiary/aromatic N) is 1. The maximum absolute atomic E-state index is 5.48. The number of likely N-dealkylation sites (N-methyl/N-ethyl adjacent to an activating group) is 1. The molecule has 3 nitrogen and oxygen atoms in total. The molecule has 2 aromatic rings. The van der Waals surface area contributed by atoms with Gasteiger partial charge in [0, 0.05) is 24.5 Å². The van der Waals surface area contributed by atoms with E-state index in [4.69, 9.17) is 4.74 Å². The molecule has 0 aliphatic carbocycles. The minimum atomic E-state index is 0.628. The van der Waals surface area contributed by atoms with Crippen LogP contribution < -0.4 is 10.1 Å². The Bertz CT molecular complexity index is 611. The number of rotatable bonds is 4. The van der Waals surface area contributed by atoms with Crippen molar-refractivity contribution in [2.45, 2.75) is 25.4 Å². The van der Waals surface area contributed by atoms with Gasteiger partial charge in [0.2, 0.25) is 0 Å². The summed E-state index contributed by atoms with van der Waals surface area (Å²) in [5.74, 6) is 0.959. The van der Waals surface area contributed by atoms with E-state index in [1.54, 1.807) is 7.11 Å². The molecule has 0 spiro atoms. The lowest BCUT2D eigenvalue weighted by Crippen LogP contribution is -2.43. The van der Waals surface area contributed by atoms with Crippen LogP contribution in [0.5, 0.6) is 5.75 Å². The zero-order chi connectivity index (χ0) is 14.7. The quantitative estimate of drug-likeness (QED) is 0.934. The molecular formula is C18H24N2O. The Morgan fingerprint density at radius 3 is 2.76 bits per heavy atom. The molecule has 1 N–H and O–H groups in total. The van der Waals surface area contributed by atoms with Crippen LogP contribution in [-0.2, 0) is 6.54 Å². The SMILES string of the molecule is CNC1CCCN(Cc2ccc(OC)c3ccccc23)C1. The summed E-state index contributed by atoms with van der Waals surface area (Å²) < 4.78 is 5.48. The van der Waals surface area contributed by atoms with E-state index in [-0.39, 0.29) is 0 Å². The second-order valence-corrected chi connectivity index (χ2v) is 5.84. The van der Waals surface area contributed by atoms with Gasteiger partial charge in [-0.3, -0.25) is 4.90 Å². The molecule has 21 heavy (non-hydrogen) atoms. The van der Waals surface area contributed by atoms with Crippen molar-refractivity contribution in [3.63, 3.8) is 0 Å². The smallest absolute Gasteiger partial charge is 0.126 e. The van der Waals surface area contributed by atoms with E-state index >= 15 is 0 Å². The first kappa shape index (κ1) is 14.4. The molecule has 0 bridgehead atoms. The molecule has 1 saturated heterocycles. The number of hydrogen-bond acceptors (Lipinski definition) is 3. The monoisotopic (exact) mass is 284 g/mol. The van der Waals surface area contributed by atoms with Crippen LogP contribution in [0, 0.1) is 0 Å². The average molecular weight is 284 g/mol.